The average Bonchev–Trinajstić information content (AvgIpc) is 2.15. The highest BCUT2D eigenvalue weighted by Crippen LogP contribution is 2.16. The molecule has 0 aromatic heterocycles. The fourth-order valence-corrected chi connectivity index (χ4v) is 1.80. The molecule has 0 fully saturated rings. The molecule has 0 radical (unpaired) electrons. The molecule has 3 heteroatoms. The van der Waals surface area contributed by atoms with Crippen molar-refractivity contribution in [3.63, 3.8) is 0 Å². The van der Waals surface area contributed by atoms with E-state index in [9.17, 15) is 0 Å². The summed E-state index contributed by atoms with van der Waals surface area (Å²) in [6.07, 6.45) is 1.18. The van der Waals surface area contributed by atoms with E-state index >= 15 is 0 Å². The fraction of sp³-hybridized carbons (Fsp3) is 0.455. The van der Waals surface area contributed by atoms with Crippen LogP contribution >= 0.6 is 22.6 Å². The van der Waals surface area contributed by atoms with Crippen LogP contribution in [0.3, 0.4) is 0 Å². The summed E-state index contributed by atoms with van der Waals surface area (Å²) in [7, 11) is 4.21. The van der Waals surface area contributed by atoms with Crippen molar-refractivity contribution >= 4 is 28.3 Å². The highest BCUT2D eigenvalue weighted by atomic mass is 127. The monoisotopic (exact) mass is 304 g/mol. The number of nitrogens with one attached hydrogen (secondary N) is 1. The molecule has 1 rings (SSSR count). The second-order valence-corrected chi connectivity index (χ2v) is 4.73. The maximum atomic E-state index is 3.43. The van der Waals surface area contributed by atoms with Crippen LogP contribution in [0, 0.1) is 3.57 Å². The fourth-order valence-electron chi connectivity index (χ4n) is 1.22. The number of benzene rings is 1. The number of rotatable bonds is 5. The minimum Gasteiger partial charge on any atom is -0.384 e. The van der Waals surface area contributed by atoms with Crippen molar-refractivity contribution in [1.29, 1.82) is 0 Å². The van der Waals surface area contributed by atoms with Crippen LogP contribution in [0.4, 0.5) is 5.69 Å². The molecule has 0 heterocycles. The number of hydrogen-bond donors (Lipinski definition) is 1. The van der Waals surface area contributed by atoms with Crippen molar-refractivity contribution in [1.82, 2.24) is 4.90 Å². The molecule has 0 unspecified atom stereocenters. The van der Waals surface area contributed by atoms with Crippen molar-refractivity contribution < 1.29 is 0 Å². The quantitative estimate of drug-likeness (QED) is 0.664. The van der Waals surface area contributed by atoms with Gasteiger partial charge in [-0.05, 0) is 61.8 Å². The Labute approximate surface area is 99.8 Å². The Kier molecular flexibility index (Phi) is 5.25. The van der Waals surface area contributed by atoms with Crippen LogP contribution in [0.25, 0.3) is 0 Å². The number of nitrogens with zero attached hydrogens (tertiary/aromatic N) is 1. The van der Waals surface area contributed by atoms with Crippen LogP contribution in [0.1, 0.15) is 6.42 Å². The molecule has 2 nitrogen and oxygen atoms in total. The third-order valence-corrected chi connectivity index (χ3v) is 2.91. The summed E-state index contributed by atoms with van der Waals surface area (Å²) in [5.41, 5.74) is 1.24. The number of halogens is 1. The summed E-state index contributed by atoms with van der Waals surface area (Å²) >= 11 is 2.35. The van der Waals surface area contributed by atoms with Gasteiger partial charge < -0.3 is 10.2 Å². The molecule has 0 amide bonds. The van der Waals surface area contributed by atoms with Gasteiger partial charge in [-0.15, -0.1) is 0 Å². The Morgan fingerprint density at radius 1 is 1.29 bits per heavy atom. The van der Waals surface area contributed by atoms with Crippen molar-refractivity contribution in [2.24, 2.45) is 0 Å². The average molecular weight is 304 g/mol. The van der Waals surface area contributed by atoms with Crippen molar-refractivity contribution in [3.8, 4) is 0 Å². The lowest BCUT2D eigenvalue weighted by atomic mass is 10.3. The minimum atomic E-state index is 1.04. The van der Waals surface area contributed by atoms with E-state index in [-0.39, 0.29) is 0 Å². The number of anilines is 1. The van der Waals surface area contributed by atoms with Gasteiger partial charge in [-0.1, -0.05) is 12.1 Å². The molecule has 1 aromatic carbocycles. The summed E-state index contributed by atoms with van der Waals surface area (Å²) in [5.74, 6) is 0. The van der Waals surface area contributed by atoms with Gasteiger partial charge in [0.15, 0.2) is 0 Å². The first-order valence-corrected chi connectivity index (χ1v) is 5.91. The predicted molar refractivity (Wildman–Crippen MR) is 70.8 cm³/mol. The van der Waals surface area contributed by atoms with E-state index in [0.717, 1.165) is 13.1 Å². The van der Waals surface area contributed by atoms with Gasteiger partial charge in [-0.2, -0.15) is 0 Å². The Balaban J connectivity index is 2.28. The Hall–Kier alpha value is -0.290. The van der Waals surface area contributed by atoms with Crippen molar-refractivity contribution in [2.45, 2.75) is 6.42 Å². The van der Waals surface area contributed by atoms with E-state index in [0.29, 0.717) is 0 Å². The van der Waals surface area contributed by atoms with E-state index in [1.54, 1.807) is 0 Å². The van der Waals surface area contributed by atoms with Gasteiger partial charge >= 0.3 is 0 Å². The summed E-state index contributed by atoms with van der Waals surface area (Å²) in [6, 6.07) is 8.37. The third-order valence-electron chi connectivity index (χ3n) is 1.97. The second kappa shape index (κ2) is 6.24. The van der Waals surface area contributed by atoms with E-state index in [1.807, 2.05) is 0 Å². The van der Waals surface area contributed by atoms with E-state index in [2.05, 4.69) is 71.2 Å². The first-order chi connectivity index (χ1) is 6.70. The first kappa shape index (κ1) is 11.8. The Morgan fingerprint density at radius 2 is 2.00 bits per heavy atom. The van der Waals surface area contributed by atoms with Gasteiger partial charge in [-0.3, -0.25) is 0 Å². The predicted octanol–water partition coefficient (Wildman–Crippen LogP) is 2.65. The van der Waals surface area contributed by atoms with E-state index < -0.39 is 0 Å². The van der Waals surface area contributed by atoms with Gasteiger partial charge in [0.25, 0.3) is 0 Å². The molecule has 0 saturated carbocycles. The van der Waals surface area contributed by atoms with Gasteiger partial charge in [0.05, 0.1) is 0 Å². The van der Waals surface area contributed by atoms with Crippen LogP contribution in [-0.4, -0.2) is 32.1 Å². The van der Waals surface area contributed by atoms with Crippen LogP contribution in [0.15, 0.2) is 24.3 Å². The second-order valence-electron chi connectivity index (χ2n) is 3.56. The van der Waals surface area contributed by atoms with Gasteiger partial charge in [0.2, 0.25) is 0 Å². The molecule has 1 aromatic rings. The number of hydrogen-bond acceptors (Lipinski definition) is 2. The molecule has 0 bridgehead atoms. The van der Waals surface area contributed by atoms with Gasteiger partial charge in [0, 0.05) is 15.8 Å². The normalized spacial score (nSPS) is 10.6. The molecule has 78 valence electrons. The van der Waals surface area contributed by atoms with E-state index in [1.165, 1.54) is 15.7 Å². The summed E-state index contributed by atoms with van der Waals surface area (Å²) in [6.45, 7) is 2.18. The molecular formula is C11H17IN2. The zero-order valence-electron chi connectivity index (χ0n) is 8.76. The van der Waals surface area contributed by atoms with Gasteiger partial charge in [0.1, 0.15) is 0 Å². The summed E-state index contributed by atoms with van der Waals surface area (Å²) < 4.78 is 1.29. The lowest BCUT2D eigenvalue weighted by molar-refractivity contribution is 0.405. The lowest BCUT2D eigenvalue weighted by Crippen LogP contribution is -2.16. The van der Waals surface area contributed by atoms with Crippen molar-refractivity contribution in [3.05, 3.63) is 27.8 Å². The lowest BCUT2D eigenvalue weighted by Gasteiger charge is -2.11. The molecule has 0 aliphatic heterocycles. The number of para-hydroxylation sites is 1. The van der Waals surface area contributed by atoms with Crippen LogP contribution in [0.5, 0.6) is 0 Å². The van der Waals surface area contributed by atoms with Crippen LogP contribution in [-0.2, 0) is 0 Å². The van der Waals surface area contributed by atoms with Crippen molar-refractivity contribution in [2.75, 3.05) is 32.5 Å². The summed E-state index contributed by atoms with van der Waals surface area (Å²) in [5, 5.41) is 3.43. The molecule has 14 heavy (non-hydrogen) atoms. The Morgan fingerprint density at radius 3 is 2.64 bits per heavy atom. The summed E-state index contributed by atoms with van der Waals surface area (Å²) in [4.78, 5) is 2.21. The molecular weight excluding hydrogens is 287 g/mol. The highest BCUT2D eigenvalue weighted by Gasteiger charge is 1.96. The maximum Gasteiger partial charge on any atom is 0.0475 e. The molecule has 1 N–H and O–H groups in total. The Bertz CT molecular complexity index is 274. The smallest absolute Gasteiger partial charge is 0.0475 e. The zero-order chi connectivity index (χ0) is 10.4. The first-order valence-electron chi connectivity index (χ1n) is 4.83. The van der Waals surface area contributed by atoms with Crippen LogP contribution in [0.2, 0.25) is 0 Å². The largest absolute Gasteiger partial charge is 0.384 e. The van der Waals surface area contributed by atoms with Crippen LogP contribution < -0.4 is 5.32 Å². The molecule has 0 aliphatic rings. The zero-order valence-corrected chi connectivity index (χ0v) is 10.9. The van der Waals surface area contributed by atoms with Gasteiger partial charge in [-0.25, -0.2) is 0 Å². The highest BCUT2D eigenvalue weighted by molar-refractivity contribution is 14.1. The SMILES string of the molecule is CN(C)CCCNc1ccccc1I. The molecule has 0 spiro atoms. The standard InChI is InChI=1S/C11H17IN2/c1-14(2)9-5-8-13-11-7-4-3-6-10(11)12/h3-4,6-7,13H,5,8-9H2,1-2H3. The van der Waals surface area contributed by atoms with E-state index in [4.69, 9.17) is 0 Å². The molecule has 0 saturated heterocycles. The minimum absolute atomic E-state index is 1.04. The molecule has 0 atom stereocenters. The maximum absolute atomic E-state index is 3.43. The third kappa shape index (κ3) is 4.28. The topological polar surface area (TPSA) is 15.3 Å². The molecule has 0 aliphatic carbocycles.